The van der Waals surface area contributed by atoms with E-state index in [0.29, 0.717) is 36.4 Å². The molecule has 3 heterocycles. The number of nitrogens with zero attached hydrogens (tertiary/aromatic N) is 4. The van der Waals surface area contributed by atoms with Gasteiger partial charge in [0.1, 0.15) is 6.10 Å². The molecule has 0 aromatic carbocycles. The maximum Gasteiger partial charge on any atom is 0.224 e. The number of nitrogens with one attached hydrogen (secondary N) is 1. The first kappa shape index (κ1) is 24.1. The van der Waals surface area contributed by atoms with Gasteiger partial charge in [-0.2, -0.15) is 0 Å². The van der Waals surface area contributed by atoms with E-state index >= 15 is 0 Å². The third kappa shape index (κ3) is 5.55. The van der Waals surface area contributed by atoms with Crippen LogP contribution >= 0.6 is 0 Å². The Hall–Kier alpha value is -2.03. The molecular formula is C25H39N5O3. The highest BCUT2D eigenvalue weighted by Gasteiger charge is 2.31. The Balaban J connectivity index is 1.66. The molecule has 0 amide bonds. The van der Waals surface area contributed by atoms with E-state index in [-0.39, 0.29) is 18.2 Å². The second-order valence-corrected chi connectivity index (χ2v) is 10.1. The van der Waals surface area contributed by atoms with Crippen molar-refractivity contribution in [1.82, 2.24) is 19.9 Å². The molecule has 2 aromatic rings. The van der Waals surface area contributed by atoms with Crippen molar-refractivity contribution < 1.29 is 14.6 Å². The number of hydrogen-bond donors (Lipinski definition) is 2. The van der Waals surface area contributed by atoms with Crippen molar-refractivity contribution in [1.29, 1.82) is 0 Å². The first-order valence-corrected chi connectivity index (χ1v) is 12.3. The summed E-state index contributed by atoms with van der Waals surface area (Å²) < 4.78 is 11.7. The van der Waals surface area contributed by atoms with E-state index in [1.165, 1.54) is 0 Å². The van der Waals surface area contributed by atoms with E-state index in [1.807, 2.05) is 19.3 Å². The summed E-state index contributed by atoms with van der Waals surface area (Å²) in [4.78, 5) is 16.7. The van der Waals surface area contributed by atoms with Crippen LogP contribution in [0.1, 0.15) is 70.8 Å². The molecule has 1 saturated carbocycles. The molecule has 0 spiro atoms. The van der Waals surface area contributed by atoms with Crippen molar-refractivity contribution in [3.05, 3.63) is 18.0 Å². The molecule has 1 saturated heterocycles. The number of pyridine rings is 1. The van der Waals surface area contributed by atoms with Crippen LogP contribution in [0.25, 0.3) is 10.9 Å². The van der Waals surface area contributed by atoms with Crippen molar-refractivity contribution >= 4 is 16.9 Å². The molecule has 3 atom stereocenters. The molecule has 182 valence electrons. The van der Waals surface area contributed by atoms with Crippen molar-refractivity contribution in [2.24, 2.45) is 0 Å². The Kier molecular flexibility index (Phi) is 7.66. The average Bonchev–Trinajstić information content (AvgIpc) is 2.78. The molecule has 0 radical (unpaired) electrons. The molecule has 1 aliphatic heterocycles. The van der Waals surface area contributed by atoms with Gasteiger partial charge in [0.2, 0.25) is 11.8 Å². The lowest BCUT2D eigenvalue weighted by atomic mass is 9.83. The summed E-state index contributed by atoms with van der Waals surface area (Å²) in [6.07, 6.45) is 9.17. The maximum atomic E-state index is 9.98. The smallest absolute Gasteiger partial charge is 0.224 e. The summed E-state index contributed by atoms with van der Waals surface area (Å²) in [6, 6.07) is 1.03. The van der Waals surface area contributed by atoms with Crippen molar-refractivity contribution in [2.45, 2.75) is 95.5 Å². The molecule has 0 bridgehead atoms. The van der Waals surface area contributed by atoms with Crippen LogP contribution in [0.2, 0.25) is 0 Å². The van der Waals surface area contributed by atoms with Crippen LogP contribution < -0.4 is 10.1 Å². The van der Waals surface area contributed by atoms with Gasteiger partial charge in [-0.05, 0) is 72.3 Å². The monoisotopic (exact) mass is 457 g/mol. The number of aliphatic hydroxyl groups excluding tert-OH is 1. The summed E-state index contributed by atoms with van der Waals surface area (Å²) >= 11 is 0. The molecule has 4 rings (SSSR count). The number of likely N-dealkylation sites (tertiary alicyclic amines) is 1. The van der Waals surface area contributed by atoms with E-state index in [0.717, 1.165) is 55.0 Å². The van der Waals surface area contributed by atoms with Gasteiger partial charge in [0, 0.05) is 43.2 Å². The molecular weight excluding hydrogens is 418 g/mol. The van der Waals surface area contributed by atoms with E-state index in [4.69, 9.17) is 19.4 Å². The molecule has 2 aliphatic rings. The predicted molar refractivity (Wildman–Crippen MR) is 130 cm³/mol. The highest BCUT2D eigenvalue weighted by molar-refractivity contribution is 5.86. The minimum atomic E-state index is -0.196. The van der Waals surface area contributed by atoms with E-state index in [2.05, 4.69) is 36.1 Å². The van der Waals surface area contributed by atoms with Gasteiger partial charge in [-0.1, -0.05) is 0 Å². The highest BCUT2D eigenvalue weighted by Crippen LogP contribution is 2.38. The SMILES string of the molecule is COC[C@H](C)Nc1ncc2c(OC3C[C@@H](C)N(C)[C@H](C)C3)ncc([C@H]3CC[C@H](O)CC3)c2n1. The third-order valence-corrected chi connectivity index (χ3v) is 7.42. The minimum absolute atomic E-state index is 0.0977. The lowest BCUT2D eigenvalue weighted by molar-refractivity contribution is 0.0415. The molecule has 2 aromatic heterocycles. The van der Waals surface area contributed by atoms with Crippen molar-refractivity contribution in [2.75, 3.05) is 26.1 Å². The lowest BCUT2D eigenvalue weighted by Gasteiger charge is -2.40. The molecule has 2 N–H and O–H groups in total. The predicted octanol–water partition coefficient (Wildman–Crippen LogP) is 3.74. The zero-order valence-corrected chi connectivity index (χ0v) is 20.6. The zero-order valence-electron chi connectivity index (χ0n) is 20.6. The van der Waals surface area contributed by atoms with E-state index in [1.54, 1.807) is 7.11 Å². The van der Waals surface area contributed by atoms with Gasteiger partial charge >= 0.3 is 0 Å². The summed E-state index contributed by atoms with van der Waals surface area (Å²) in [5.74, 6) is 1.54. The van der Waals surface area contributed by atoms with Crippen LogP contribution in [0.15, 0.2) is 12.4 Å². The molecule has 8 nitrogen and oxygen atoms in total. The van der Waals surface area contributed by atoms with Gasteiger partial charge in [-0.25, -0.2) is 15.0 Å². The second kappa shape index (κ2) is 10.5. The number of hydrogen-bond acceptors (Lipinski definition) is 8. The molecule has 0 unspecified atom stereocenters. The third-order valence-electron chi connectivity index (χ3n) is 7.42. The van der Waals surface area contributed by atoms with Crippen molar-refractivity contribution in [3.63, 3.8) is 0 Å². The van der Waals surface area contributed by atoms with Crippen molar-refractivity contribution in [3.8, 4) is 5.88 Å². The molecule has 8 heteroatoms. The van der Waals surface area contributed by atoms with Crippen LogP contribution in [0.3, 0.4) is 0 Å². The van der Waals surface area contributed by atoms with Gasteiger partial charge in [0.25, 0.3) is 0 Å². The highest BCUT2D eigenvalue weighted by atomic mass is 16.5. The second-order valence-electron chi connectivity index (χ2n) is 10.1. The molecule has 2 fully saturated rings. The topological polar surface area (TPSA) is 92.6 Å². The average molecular weight is 458 g/mol. The Morgan fingerprint density at radius 1 is 1.12 bits per heavy atom. The van der Waals surface area contributed by atoms with Crippen LogP contribution in [0, 0.1) is 0 Å². The first-order chi connectivity index (χ1) is 15.9. The Bertz CT molecular complexity index is 922. The van der Waals surface area contributed by atoms with Gasteiger partial charge in [-0.3, -0.25) is 0 Å². The van der Waals surface area contributed by atoms with Gasteiger partial charge < -0.3 is 24.8 Å². The maximum absolute atomic E-state index is 9.98. The number of ether oxygens (including phenoxy) is 2. The quantitative estimate of drug-likeness (QED) is 0.650. The number of rotatable bonds is 7. The Morgan fingerprint density at radius 3 is 2.48 bits per heavy atom. The van der Waals surface area contributed by atoms with Gasteiger partial charge in [0.05, 0.1) is 23.6 Å². The largest absolute Gasteiger partial charge is 0.474 e. The standard InChI is InChI=1S/C25H39N5O3/c1-15(14-32-5)28-25-27-13-22-23(29-25)21(18-6-8-19(31)9-7-18)12-26-24(22)33-20-10-16(2)30(4)17(3)11-20/h12-13,15-20,31H,6-11,14H2,1-5H3,(H,27,28,29)/t15-,16+,17+,18-,19-/m0/s1. The zero-order chi connectivity index (χ0) is 23.5. The van der Waals surface area contributed by atoms with Gasteiger partial charge in [-0.15, -0.1) is 0 Å². The van der Waals surface area contributed by atoms with Gasteiger partial charge in [0.15, 0.2) is 0 Å². The minimum Gasteiger partial charge on any atom is -0.474 e. The fraction of sp³-hybridized carbons (Fsp3) is 0.720. The summed E-state index contributed by atoms with van der Waals surface area (Å²) in [5, 5.41) is 14.2. The van der Waals surface area contributed by atoms with E-state index < -0.39 is 0 Å². The number of piperidine rings is 1. The number of aromatic nitrogens is 3. The number of fused-ring (bicyclic) bond motifs is 1. The Labute approximate surface area is 197 Å². The molecule has 1 aliphatic carbocycles. The van der Waals surface area contributed by atoms with Crippen LogP contribution in [0.5, 0.6) is 5.88 Å². The van der Waals surface area contributed by atoms with Crippen LogP contribution in [-0.2, 0) is 4.74 Å². The summed E-state index contributed by atoms with van der Waals surface area (Å²) in [7, 11) is 3.87. The normalized spacial score (nSPS) is 29.7. The lowest BCUT2D eigenvalue weighted by Crippen LogP contribution is -2.47. The number of methoxy groups -OCH3 is 1. The molecule has 33 heavy (non-hydrogen) atoms. The van der Waals surface area contributed by atoms with E-state index in [9.17, 15) is 5.11 Å². The number of aliphatic hydroxyl groups is 1. The van der Waals surface area contributed by atoms with Crippen LogP contribution in [0.4, 0.5) is 5.95 Å². The summed E-state index contributed by atoms with van der Waals surface area (Å²) in [5.41, 5.74) is 2.02. The fourth-order valence-electron chi connectivity index (χ4n) is 5.26. The first-order valence-electron chi connectivity index (χ1n) is 12.3. The van der Waals surface area contributed by atoms with Crippen LogP contribution in [-0.4, -0.2) is 76.1 Å². The number of anilines is 1. The Morgan fingerprint density at radius 2 is 1.82 bits per heavy atom. The summed E-state index contributed by atoms with van der Waals surface area (Å²) in [6.45, 7) is 7.12. The fourth-order valence-corrected chi connectivity index (χ4v) is 5.26.